The third-order valence-corrected chi connectivity index (χ3v) is 6.16. The minimum absolute atomic E-state index is 0.117. The van der Waals surface area contributed by atoms with Gasteiger partial charge in [-0.3, -0.25) is 9.59 Å². The highest BCUT2D eigenvalue weighted by Gasteiger charge is 2.62. The Labute approximate surface area is 136 Å². The van der Waals surface area contributed by atoms with Crippen LogP contribution in [0.3, 0.4) is 0 Å². The van der Waals surface area contributed by atoms with Crippen molar-refractivity contribution in [2.24, 2.45) is 11.8 Å². The van der Waals surface area contributed by atoms with Crippen molar-refractivity contribution in [3.63, 3.8) is 0 Å². The summed E-state index contributed by atoms with van der Waals surface area (Å²) < 4.78 is 0. The molecule has 1 heterocycles. The van der Waals surface area contributed by atoms with Gasteiger partial charge in [0.2, 0.25) is 5.91 Å². The Bertz CT molecular complexity index is 648. The molecule has 2 atom stereocenters. The van der Waals surface area contributed by atoms with Gasteiger partial charge in [0.1, 0.15) is 0 Å². The first-order valence-electron chi connectivity index (χ1n) is 8.69. The highest BCUT2D eigenvalue weighted by molar-refractivity contribution is 5.85. The van der Waals surface area contributed by atoms with E-state index in [4.69, 9.17) is 5.11 Å². The topological polar surface area (TPSA) is 57.6 Å². The van der Waals surface area contributed by atoms with E-state index in [1.807, 2.05) is 4.90 Å². The van der Waals surface area contributed by atoms with Crippen LogP contribution < -0.4 is 0 Å². The number of benzene rings is 1. The lowest BCUT2D eigenvalue weighted by atomic mass is 9.92. The lowest BCUT2D eigenvalue weighted by Crippen LogP contribution is -2.40. The van der Waals surface area contributed by atoms with Gasteiger partial charge in [-0.25, -0.2) is 0 Å². The SMILES string of the molecule is O=C(O)CC1CCN(C(=O)C2CC23CCc2ccccc23)CC1. The number of likely N-dealkylation sites (tertiary alicyclic amines) is 1. The second kappa shape index (κ2) is 5.36. The van der Waals surface area contributed by atoms with Crippen molar-refractivity contribution < 1.29 is 14.7 Å². The molecular weight excluding hydrogens is 290 g/mol. The number of carbonyl (C=O) groups excluding carboxylic acids is 1. The first-order valence-corrected chi connectivity index (χ1v) is 8.69. The number of rotatable bonds is 3. The van der Waals surface area contributed by atoms with E-state index in [1.165, 1.54) is 11.1 Å². The Balaban J connectivity index is 1.40. The fraction of sp³-hybridized carbons (Fsp3) is 0.579. The Morgan fingerprint density at radius 3 is 2.70 bits per heavy atom. The van der Waals surface area contributed by atoms with E-state index in [2.05, 4.69) is 24.3 Å². The second-order valence-electron chi connectivity index (χ2n) is 7.44. The molecule has 0 aromatic heterocycles. The summed E-state index contributed by atoms with van der Waals surface area (Å²) in [6.07, 6.45) is 5.10. The molecule has 4 heteroatoms. The van der Waals surface area contributed by atoms with E-state index in [9.17, 15) is 9.59 Å². The average molecular weight is 313 g/mol. The molecule has 2 aliphatic carbocycles. The molecule has 122 valence electrons. The molecule has 4 nitrogen and oxygen atoms in total. The zero-order chi connectivity index (χ0) is 16.0. The first-order chi connectivity index (χ1) is 11.1. The number of fused-ring (bicyclic) bond motifs is 2. The Kier molecular flexibility index (Phi) is 3.43. The van der Waals surface area contributed by atoms with Gasteiger partial charge in [-0.05, 0) is 49.1 Å². The smallest absolute Gasteiger partial charge is 0.303 e. The zero-order valence-electron chi connectivity index (χ0n) is 13.3. The molecule has 0 radical (unpaired) electrons. The van der Waals surface area contributed by atoms with Crippen LogP contribution in [0, 0.1) is 11.8 Å². The van der Waals surface area contributed by atoms with Gasteiger partial charge in [0.05, 0.1) is 0 Å². The molecule has 1 amide bonds. The van der Waals surface area contributed by atoms with Crippen molar-refractivity contribution in [1.82, 2.24) is 4.90 Å². The Morgan fingerprint density at radius 1 is 1.22 bits per heavy atom. The quantitative estimate of drug-likeness (QED) is 0.933. The highest BCUT2D eigenvalue weighted by Crippen LogP contribution is 2.62. The summed E-state index contributed by atoms with van der Waals surface area (Å²) >= 11 is 0. The summed E-state index contributed by atoms with van der Waals surface area (Å²) in [7, 11) is 0. The van der Waals surface area contributed by atoms with Crippen molar-refractivity contribution in [3.05, 3.63) is 35.4 Å². The van der Waals surface area contributed by atoms with Gasteiger partial charge in [-0.1, -0.05) is 24.3 Å². The number of hydrogen-bond donors (Lipinski definition) is 1. The number of carboxylic acids is 1. The maximum absolute atomic E-state index is 12.9. The lowest BCUT2D eigenvalue weighted by molar-refractivity contribution is -0.139. The van der Waals surface area contributed by atoms with Crippen LogP contribution in [0.4, 0.5) is 0 Å². The van der Waals surface area contributed by atoms with E-state index in [0.29, 0.717) is 5.91 Å². The summed E-state index contributed by atoms with van der Waals surface area (Å²) in [6, 6.07) is 8.57. The van der Waals surface area contributed by atoms with Gasteiger partial charge in [0, 0.05) is 30.8 Å². The van der Waals surface area contributed by atoms with Crippen LogP contribution in [0.5, 0.6) is 0 Å². The normalized spacial score (nSPS) is 29.6. The molecule has 1 saturated carbocycles. The molecule has 1 aromatic rings. The number of carbonyl (C=O) groups is 2. The fourth-order valence-electron chi connectivity index (χ4n) is 4.74. The van der Waals surface area contributed by atoms with Crippen LogP contribution in [0.25, 0.3) is 0 Å². The molecule has 1 aliphatic heterocycles. The van der Waals surface area contributed by atoms with Crippen molar-refractivity contribution in [1.29, 1.82) is 0 Å². The van der Waals surface area contributed by atoms with E-state index in [0.717, 1.165) is 45.2 Å². The summed E-state index contributed by atoms with van der Waals surface area (Å²) in [5, 5.41) is 8.89. The van der Waals surface area contributed by atoms with E-state index in [1.54, 1.807) is 0 Å². The summed E-state index contributed by atoms with van der Waals surface area (Å²) in [5.74, 6) is -0.0342. The van der Waals surface area contributed by atoms with Crippen LogP contribution in [0.15, 0.2) is 24.3 Å². The van der Waals surface area contributed by atoms with Gasteiger partial charge in [-0.15, -0.1) is 0 Å². The first kappa shape index (κ1) is 14.7. The molecule has 0 bridgehead atoms. The number of aliphatic carboxylic acids is 1. The maximum Gasteiger partial charge on any atom is 0.303 e. The van der Waals surface area contributed by atoms with Gasteiger partial charge in [-0.2, -0.15) is 0 Å². The molecule has 2 fully saturated rings. The van der Waals surface area contributed by atoms with Gasteiger partial charge in [0.15, 0.2) is 0 Å². The maximum atomic E-state index is 12.9. The minimum atomic E-state index is -0.724. The zero-order valence-corrected chi connectivity index (χ0v) is 13.3. The molecule has 2 unspecified atom stereocenters. The molecule has 3 aliphatic rings. The van der Waals surface area contributed by atoms with Crippen LogP contribution in [0.1, 0.15) is 43.2 Å². The number of aryl methyl sites for hydroxylation is 1. The highest BCUT2D eigenvalue weighted by atomic mass is 16.4. The van der Waals surface area contributed by atoms with E-state index < -0.39 is 5.97 Å². The van der Waals surface area contributed by atoms with Crippen LogP contribution in [-0.4, -0.2) is 35.0 Å². The fourth-order valence-corrected chi connectivity index (χ4v) is 4.74. The molecule has 1 saturated heterocycles. The number of amides is 1. The summed E-state index contributed by atoms with van der Waals surface area (Å²) in [5.41, 5.74) is 2.94. The minimum Gasteiger partial charge on any atom is -0.481 e. The predicted molar refractivity (Wildman–Crippen MR) is 86.1 cm³/mol. The van der Waals surface area contributed by atoms with Crippen LogP contribution in [0.2, 0.25) is 0 Å². The van der Waals surface area contributed by atoms with Gasteiger partial charge < -0.3 is 10.0 Å². The number of carboxylic acid groups (broad SMARTS) is 1. The monoisotopic (exact) mass is 313 g/mol. The van der Waals surface area contributed by atoms with Crippen LogP contribution in [-0.2, 0) is 21.4 Å². The average Bonchev–Trinajstić information content (AvgIpc) is 3.16. The summed E-state index contributed by atoms with van der Waals surface area (Å²) in [6.45, 7) is 1.45. The number of piperidine rings is 1. The third kappa shape index (κ3) is 2.44. The van der Waals surface area contributed by atoms with Crippen molar-refractivity contribution in [2.45, 2.75) is 43.9 Å². The van der Waals surface area contributed by atoms with E-state index in [-0.39, 0.29) is 23.7 Å². The molecule has 4 rings (SSSR count). The third-order valence-electron chi connectivity index (χ3n) is 6.16. The molecule has 1 aromatic carbocycles. The lowest BCUT2D eigenvalue weighted by Gasteiger charge is -2.32. The largest absolute Gasteiger partial charge is 0.481 e. The van der Waals surface area contributed by atoms with Crippen molar-refractivity contribution in [2.75, 3.05) is 13.1 Å². The van der Waals surface area contributed by atoms with Crippen molar-refractivity contribution in [3.8, 4) is 0 Å². The predicted octanol–water partition coefficient (Wildman–Crippen LogP) is 2.60. The second-order valence-corrected chi connectivity index (χ2v) is 7.44. The Hall–Kier alpha value is -1.84. The van der Waals surface area contributed by atoms with Gasteiger partial charge >= 0.3 is 5.97 Å². The Morgan fingerprint density at radius 2 is 1.96 bits per heavy atom. The molecule has 23 heavy (non-hydrogen) atoms. The van der Waals surface area contributed by atoms with E-state index >= 15 is 0 Å². The summed E-state index contributed by atoms with van der Waals surface area (Å²) in [4.78, 5) is 25.7. The molecular formula is C19H23NO3. The van der Waals surface area contributed by atoms with Crippen LogP contribution >= 0.6 is 0 Å². The number of hydrogen-bond acceptors (Lipinski definition) is 2. The molecule has 1 N–H and O–H groups in total. The number of nitrogens with zero attached hydrogens (tertiary/aromatic N) is 1. The standard InChI is InChI=1S/C19H23NO3/c21-17(22)11-13-6-9-20(10-7-13)18(23)16-12-19(16)8-5-14-3-1-2-4-15(14)19/h1-4,13,16H,5-12H2,(H,21,22). The molecule has 1 spiro atoms. The van der Waals surface area contributed by atoms with Crippen molar-refractivity contribution >= 4 is 11.9 Å². The van der Waals surface area contributed by atoms with Gasteiger partial charge in [0.25, 0.3) is 0 Å².